The number of aromatic nitrogens is 3. The van der Waals surface area contributed by atoms with Gasteiger partial charge in [0.15, 0.2) is 0 Å². The first-order chi connectivity index (χ1) is 13.4. The van der Waals surface area contributed by atoms with E-state index in [1.54, 1.807) is 12.1 Å². The number of carbonyl (C=O) groups is 1. The van der Waals surface area contributed by atoms with E-state index in [0.29, 0.717) is 21.3 Å². The second-order valence-electron chi connectivity index (χ2n) is 6.75. The molecule has 0 fully saturated rings. The molecule has 4 aromatic rings. The maximum atomic E-state index is 13.5. The van der Waals surface area contributed by atoms with Crippen LogP contribution in [0.25, 0.3) is 22.2 Å². The lowest BCUT2D eigenvalue weighted by Gasteiger charge is -2.15. The Morgan fingerprint density at radius 2 is 1.75 bits per heavy atom. The average molecular weight is 410 g/mol. The molecule has 0 aliphatic carbocycles. The van der Waals surface area contributed by atoms with Crippen LogP contribution in [-0.4, -0.2) is 20.7 Å². The van der Waals surface area contributed by atoms with Crippen LogP contribution in [0, 0.1) is 20.8 Å². The van der Waals surface area contributed by atoms with Crippen molar-refractivity contribution in [3.63, 3.8) is 0 Å². The van der Waals surface area contributed by atoms with E-state index in [2.05, 4.69) is 5.10 Å². The third kappa shape index (κ3) is 3.09. The molecule has 0 saturated carbocycles. The quantitative estimate of drug-likeness (QED) is 0.406. The summed E-state index contributed by atoms with van der Waals surface area (Å²) in [5.41, 5.74) is 5.01. The van der Waals surface area contributed by atoms with E-state index in [1.807, 2.05) is 57.2 Å². The maximum Gasteiger partial charge on any atom is 0.279 e. The van der Waals surface area contributed by atoms with Crippen LogP contribution in [0.3, 0.4) is 0 Å². The number of hydrogen-bond acceptors (Lipinski definition) is 3. The van der Waals surface area contributed by atoms with Gasteiger partial charge in [0.2, 0.25) is 0 Å². The van der Waals surface area contributed by atoms with E-state index in [1.165, 1.54) is 4.68 Å². The van der Waals surface area contributed by atoms with Gasteiger partial charge in [-0.2, -0.15) is 5.10 Å². The highest BCUT2D eigenvalue weighted by atomic mass is 35.5. The minimum absolute atomic E-state index is 0.187. The van der Waals surface area contributed by atoms with E-state index < -0.39 is 0 Å². The fraction of sp³-hybridized carbons (Fsp3) is 0.136. The SMILES string of the molecule is Cc1cc(C)n(C(=O)c2c(C)c(-c3ccc(Cl)cc3Cl)nc3ccccc23)n1. The van der Waals surface area contributed by atoms with Gasteiger partial charge < -0.3 is 0 Å². The molecule has 0 atom stereocenters. The van der Waals surface area contributed by atoms with Crippen molar-refractivity contribution in [2.24, 2.45) is 0 Å². The van der Waals surface area contributed by atoms with Crippen LogP contribution in [0.15, 0.2) is 48.5 Å². The number of fused-ring (bicyclic) bond motifs is 1. The van der Waals surface area contributed by atoms with Crippen molar-refractivity contribution in [1.29, 1.82) is 0 Å². The minimum Gasteiger partial charge on any atom is -0.267 e. The largest absolute Gasteiger partial charge is 0.279 e. The molecule has 0 aliphatic heterocycles. The fourth-order valence-corrected chi connectivity index (χ4v) is 3.97. The van der Waals surface area contributed by atoms with Crippen molar-refractivity contribution in [2.75, 3.05) is 0 Å². The number of aryl methyl sites for hydroxylation is 2. The zero-order chi connectivity index (χ0) is 20.0. The number of halogens is 2. The molecule has 0 N–H and O–H groups in total. The summed E-state index contributed by atoms with van der Waals surface area (Å²) in [4.78, 5) is 18.2. The molecular formula is C22H17Cl2N3O. The number of para-hydroxylation sites is 1. The van der Waals surface area contributed by atoms with E-state index in [9.17, 15) is 4.79 Å². The zero-order valence-electron chi connectivity index (χ0n) is 15.6. The Morgan fingerprint density at radius 3 is 2.43 bits per heavy atom. The Morgan fingerprint density at radius 1 is 1.00 bits per heavy atom. The molecule has 140 valence electrons. The van der Waals surface area contributed by atoms with Gasteiger partial charge in [-0.1, -0.05) is 41.4 Å². The Labute approximate surface area is 172 Å². The molecule has 2 aromatic heterocycles. The first-order valence-electron chi connectivity index (χ1n) is 8.79. The van der Waals surface area contributed by atoms with Crippen LogP contribution < -0.4 is 0 Å². The number of benzene rings is 2. The van der Waals surface area contributed by atoms with Crippen molar-refractivity contribution in [1.82, 2.24) is 14.8 Å². The van der Waals surface area contributed by atoms with Crippen LogP contribution >= 0.6 is 23.2 Å². The van der Waals surface area contributed by atoms with Crippen molar-refractivity contribution in [3.05, 3.63) is 81.1 Å². The molecule has 0 spiro atoms. The lowest BCUT2D eigenvalue weighted by molar-refractivity contribution is 0.0943. The van der Waals surface area contributed by atoms with Gasteiger partial charge >= 0.3 is 0 Å². The third-order valence-electron chi connectivity index (χ3n) is 4.74. The van der Waals surface area contributed by atoms with Crippen LogP contribution in [0.4, 0.5) is 0 Å². The van der Waals surface area contributed by atoms with Crippen LogP contribution in [0.2, 0.25) is 10.0 Å². The van der Waals surface area contributed by atoms with Crippen LogP contribution in [-0.2, 0) is 0 Å². The van der Waals surface area contributed by atoms with Gasteiger partial charge in [0, 0.05) is 21.7 Å². The second-order valence-corrected chi connectivity index (χ2v) is 7.59. The molecule has 28 heavy (non-hydrogen) atoms. The molecule has 2 aromatic carbocycles. The second kappa shape index (κ2) is 7.04. The molecular weight excluding hydrogens is 393 g/mol. The van der Waals surface area contributed by atoms with Gasteiger partial charge in [-0.25, -0.2) is 9.67 Å². The lowest BCUT2D eigenvalue weighted by atomic mass is 9.97. The summed E-state index contributed by atoms with van der Waals surface area (Å²) in [6.45, 7) is 5.62. The highest BCUT2D eigenvalue weighted by molar-refractivity contribution is 6.36. The monoisotopic (exact) mass is 409 g/mol. The summed E-state index contributed by atoms with van der Waals surface area (Å²) >= 11 is 12.5. The van der Waals surface area contributed by atoms with Crippen molar-refractivity contribution in [2.45, 2.75) is 20.8 Å². The van der Waals surface area contributed by atoms with Crippen LogP contribution in [0.5, 0.6) is 0 Å². The highest BCUT2D eigenvalue weighted by Gasteiger charge is 2.22. The highest BCUT2D eigenvalue weighted by Crippen LogP contribution is 2.35. The first kappa shape index (κ1) is 18.7. The van der Waals surface area contributed by atoms with E-state index in [0.717, 1.165) is 33.4 Å². The molecule has 0 radical (unpaired) electrons. The summed E-state index contributed by atoms with van der Waals surface area (Å²) in [6, 6.07) is 14.7. The Hall–Kier alpha value is -2.69. The normalized spacial score (nSPS) is 11.2. The molecule has 0 bridgehead atoms. The molecule has 0 amide bonds. The van der Waals surface area contributed by atoms with Gasteiger partial charge in [-0.3, -0.25) is 4.79 Å². The number of nitrogens with zero attached hydrogens (tertiary/aromatic N) is 3. The molecule has 2 heterocycles. The van der Waals surface area contributed by atoms with Crippen LogP contribution in [0.1, 0.15) is 27.3 Å². The van der Waals surface area contributed by atoms with Gasteiger partial charge in [0.25, 0.3) is 5.91 Å². The summed E-state index contributed by atoms with van der Waals surface area (Å²) in [5, 5.41) is 6.19. The van der Waals surface area contributed by atoms with E-state index in [-0.39, 0.29) is 5.91 Å². The van der Waals surface area contributed by atoms with Crippen molar-refractivity contribution >= 4 is 40.0 Å². The summed E-state index contributed by atoms with van der Waals surface area (Å²) < 4.78 is 1.44. The van der Waals surface area contributed by atoms with Gasteiger partial charge in [0.1, 0.15) is 0 Å². The molecule has 0 saturated heterocycles. The molecule has 4 rings (SSSR count). The molecule has 4 nitrogen and oxygen atoms in total. The fourth-order valence-electron chi connectivity index (χ4n) is 3.47. The summed E-state index contributed by atoms with van der Waals surface area (Å²) in [6.07, 6.45) is 0. The predicted octanol–water partition coefficient (Wildman–Crippen LogP) is 6.02. The van der Waals surface area contributed by atoms with Gasteiger partial charge in [0.05, 0.1) is 27.5 Å². The number of rotatable bonds is 2. The Kier molecular flexibility index (Phi) is 4.69. The molecule has 0 aliphatic rings. The predicted molar refractivity (Wildman–Crippen MR) is 113 cm³/mol. The Bertz CT molecular complexity index is 1240. The van der Waals surface area contributed by atoms with E-state index in [4.69, 9.17) is 28.2 Å². The van der Waals surface area contributed by atoms with Crippen molar-refractivity contribution in [3.8, 4) is 11.3 Å². The molecule has 6 heteroatoms. The summed E-state index contributed by atoms with van der Waals surface area (Å²) in [5.74, 6) is -0.187. The minimum atomic E-state index is -0.187. The number of carbonyl (C=O) groups excluding carboxylic acids is 1. The topological polar surface area (TPSA) is 47.8 Å². The molecule has 0 unspecified atom stereocenters. The average Bonchev–Trinajstić information content (AvgIpc) is 2.99. The first-order valence-corrected chi connectivity index (χ1v) is 9.55. The van der Waals surface area contributed by atoms with E-state index >= 15 is 0 Å². The lowest BCUT2D eigenvalue weighted by Crippen LogP contribution is -2.18. The smallest absolute Gasteiger partial charge is 0.267 e. The standard InChI is InChI=1S/C22H17Cl2N3O/c1-12-10-13(2)27(26-12)22(28)20-14(3)21(16-9-8-15(23)11-18(16)24)25-19-7-5-4-6-17(19)20/h4-11H,1-3H3. The number of pyridine rings is 1. The van der Waals surface area contributed by atoms with Crippen molar-refractivity contribution < 1.29 is 4.79 Å². The Balaban J connectivity index is 2.04. The summed E-state index contributed by atoms with van der Waals surface area (Å²) in [7, 11) is 0. The third-order valence-corrected chi connectivity index (χ3v) is 5.29. The number of hydrogen-bond donors (Lipinski definition) is 0. The van der Waals surface area contributed by atoms with Gasteiger partial charge in [-0.05, 0) is 56.7 Å². The zero-order valence-corrected chi connectivity index (χ0v) is 17.1. The van der Waals surface area contributed by atoms with Gasteiger partial charge in [-0.15, -0.1) is 0 Å². The maximum absolute atomic E-state index is 13.5.